The second-order valence-corrected chi connectivity index (χ2v) is 5.05. The number of aliphatic hydroxyl groups is 1. The summed E-state index contributed by atoms with van der Waals surface area (Å²) in [5, 5.41) is 16.3. The first-order valence-corrected chi connectivity index (χ1v) is 6.67. The highest BCUT2D eigenvalue weighted by Gasteiger charge is 2.15. The fourth-order valence-corrected chi connectivity index (χ4v) is 2.29. The second kappa shape index (κ2) is 5.27. The molecule has 0 aliphatic rings. The van der Waals surface area contributed by atoms with E-state index in [1.165, 1.54) is 17.0 Å². The van der Waals surface area contributed by atoms with Gasteiger partial charge in [-0.15, -0.1) is 0 Å². The Morgan fingerprint density at radius 1 is 1.52 bits per heavy atom. The highest BCUT2D eigenvalue weighted by Crippen LogP contribution is 2.25. The van der Waals surface area contributed by atoms with Crippen LogP contribution in [0.15, 0.2) is 29.6 Å². The van der Waals surface area contributed by atoms with Gasteiger partial charge in [-0.25, -0.2) is 9.97 Å². The molecule has 108 valence electrons. The Labute approximate surface area is 124 Å². The fraction of sp³-hybridized carbons (Fsp3) is 0.231. The van der Waals surface area contributed by atoms with E-state index in [4.69, 9.17) is 11.6 Å². The lowest BCUT2D eigenvalue weighted by Gasteiger charge is -2.13. The molecule has 0 saturated heterocycles. The maximum Gasteiger partial charge on any atom is 0.261 e. The third-order valence-electron chi connectivity index (χ3n) is 3.25. The Balaban J connectivity index is 2.34. The van der Waals surface area contributed by atoms with Gasteiger partial charge in [-0.1, -0.05) is 11.6 Å². The van der Waals surface area contributed by atoms with Gasteiger partial charge < -0.3 is 5.11 Å². The monoisotopic (exact) mass is 305 g/mol. The topological polar surface area (TPSA) is 96.7 Å². The molecule has 3 rings (SSSR count). The first kappa shape index (κ1) is 13.7. The summed E-state index contributed by atoms with van der Waals surface area (Å²) >= 11 is 6.01. The average molecular weight is 306 g/mol. The highest BCUT2D eigenvalue weighted by atomic mass is 35.5. The number of hydrogen-bond acceptors (Lipinski definition) is 5. The molecular weight excluding hydrogens is 294 g/mol. The van der Waals surface area contributed by atoms with Gasteiger partial charge in [-0.2, -0.15) is 5.10 Å². The smallest absolute Gasteiger partial charge is 0.261 e. The van der Waals surface area contributed by atoms with Gasteiger partial charge in [-0.3, -0.25) is 14.5 Å². The molecule has 3 aromatic rings. The Hall–Kier alpha value is -2.25. The van der Waals surface area contributed by atoms with Crippen molar-refractivity contribution in [3.63, 3.8) is 0 Å². The van der Waals surface area contributed by atoms with E-state index < -0.39 is 0 Å². The predicted octanol–water partition coefficient (Wildman–Crippen LogP) is 1.39. The van der Waals surface area contributed by atoms with Crippen LogP contribution in [0.2, 0.25) is 5.15 Å². The first-order valence-electron chi connectivity index (χ1n) is 6.29. The van der Waals surface area contributed by atoms with Crippen LogP contribution in [0, 0.1) is 0 Å². The lowest BCUT2D eigenvalue weighted by Crippen LogP contribution is -2.25. The molecule has 0 bridgehead atoms. The van der Waals surface area contributed by atoms with Gasteiger partial charge in [0.1, 0.15) is 16.4 Å². The van der Waals surface area contributed by atoms with Crippen molar-refractivity contribution in [2.45, 2.75) is 13.0 Å². The SMILES string of the molecule is C[C@@H](CO)n1cnc2c(-c3cn[nH]c3)nc(Cl)cc2c1=O. The van der Waals surface area contributed by atoms with Crippen molar-refractivity contribution < 1.29 is 5.11 Å². The quantitative estimate of drug-likeness (QED) is 0.713. The maximum absolute atomic E-state index is 12.5. The predicted molar refractivity (Wildman–Crippen MR) is 78.2 cm³/mol. The van der Waals surface area contributed by atoms with E-state index in [0.29, 0.717) is 22.2 Å². The van der Waals surface area contributed by atoms with Crippen molar-refractivity contribution in [3.8, 4) is 11.3 Å². The van der Waals surface area contributed by atoms with Gasteiger partial charge in [0.15, 0.2) is 0 Å². The van der Waals surface area contributed by atoms with Gasteiger partial charge >= 0.3 is 0 Å². The van der Waals surface area contributed by atoms with Crippen molar-refractivity contribution in [2.24, 2.45) is 0 Å². The van der Waals surface area contributed by atoms with Crippen LogP contribution in [0.3, 0.4) is 0 Å². The van der Waals surface area contributed by atoms with Gasteiger partial charge in [0, 0.05) is 11.8 Å². The number of nitrogens with one attached hydrogen (secondary N) is 1. The van der Waals surface area contributed by atoms with Gasteiger partial charge in [0.05, 0.1) is 30.6 Å². The van der Waals surface area contributed by atoms with E-state index in [-0.39, 0.29) is 23.4 Å². The van der Waals surface area contributed by atoms with E-state index in [2.05, 4.69) is 20.2 Å². The molecule has 0 aliphatic heterocycles. The Morgan fingerprint density at radius 3 is 3.00 bits per heavy atom. The van der Waals surface area contributed by atoms with Crippen LogP contribution in [0.5, 0.6) is 0 Å². The lowest BCUT2D eigenvalue weighted by molar-refractivity contribution is 0.236. The van der Waals surface area contributed by atoms with Crippen LogP contribution in [-0.2, 0) is 0 Å². The third-order valence-corrected chi connectivity index (χ3v) is 3.44. The van der Waals surface area contributed by atoms with Crippen molar-refractivity contribution in [3.05, 3.63) is 40.3 Å². The largest absolute Gasteiger partial charge is 0.394 e. The van der Waals surface area contributed by atoms with Gasteiger partial charge in [0.2, 0.25) is 0 Å². The minimum absolute atomic E-state index is 0.152. The number of fused-ring (bicyclic) bond motifs is 1. The highest BCUT2D eigenvalue weighted by molar-refractivity contribution is 6.30. The molecule has 0 aromatic carbocycles. The number of rotatable bonds is 3. The molecule has 0 radical (unpaired) electrons. The van der Waals surface area contributed by atoms with Crippen LogP contribution >= 0.6 is 11.6 Å². The fourth-order valence-electron chi connectivity index (χ4n) is 2.10. The Bertz CT molecular complexity index is 844. The summed E-state index contributed by atoms with van der Waals surface area (Å²) < 4.78 is 1.37. The van der Waals surface area contributed by atoms with Crippen LogP contribution < -0.4 is 5.56 Å². The normalized spacial score (nSPS) is 12.7. The molecular formula is C13H12ClN5O2. The molecule has 3 aromatic heterocycles. The number of pyridine rings is 1. The van der Waals surface area contributed by atoms with E-state index in [0.717, 1.165) is 0 Å². The van der Waals surface area contributed by atoms with E-state index in [1.807, 2.05) is 0 Å². The lowest BCUT2D eigenvalue weighted by atomic mass is 10.1. The molecule has 0 amide bonds. The first-order chi connectivity index (χ1) is 10.1. The number of aromatic nitrogens is 5. The zero-order valence-electron chi connectivity index (χ0n) is 11.1. The number of aliphatic hydroxyl groups excluding tert-OH is 1. The molecule has 0 unspecified atom stereocenters. The van der Waals surface area contributed by atoms with E-state index in [9.17, 15) is 9.90 Å². The minimum Gasteiger partial charge on any atom is -0.394 e. The third kappa shape index (κ3) is 2.30. The maximum atomic E-state index is 12.5. The molecule has 7 nitrogen and oxygen atoms in total. The number of nitrogens with zero attached hydrogens (tertiary/aromatic N) is 4. The zero-order valence-corrected chi connectivity index (χ0v) is 11.9. The van der Waals surface area contributed by atoms with Gasteiger partial charge in [-0.05, 0) is 13.0 Å². The van der Waals surface area contributed by atoms with Crippen molar-refractivity contribution >= 4 is 22.5 Å². The molecule has 0 spiro atoms. The van der Waals surface area contributed by atoms with Crippen LogP contribution in [0.4, 0.5) is 0 Å². The number of aromatic amines is 1. The van der Waals surface area contributed by atoms with Crippen molar-refractivity contribution in [2.75, 3.05) is 6.61 Å². The Morgan fingerprint density at radius 2 is 2.33 bits per heavy atom. The van der Waals surface area contributed by atoms with Crippen molar-refractivity contribution in [1.29, 1.82) is 0 Å². The standard InChI is InChI=1S/C13H12ClN5O2/c1-7(5-20)19-6-15-12-9(13(19)21)2-10(14)18-11(12)8-3-16-17-4-8/h2-4,6-7,20H,5H2,1H3,(H,16,17)/t7-/m0/s1. The number of hydrogen-bond donors (Lipinski definition) is 2. The summed E-state index contributed by atoms with van der Waals surface area (Å²) in [6.07, 6.45) is 4.65. The van der Waals surface area contributed by atoms with Gasteiger partial charge in [0.25, 0.3) is 5.56 Å². The van der Waals surface area contributed by atoms with Crippen molar-refractivity contribution in [1.82, 2.24) is 24.7 Å². The summed E-state index contributed by atoms with van der Waals surface area (Å²) in [4.78, 5) is 21.0. The van der Waals surface area contributed by atoms with Crippen LogP contribution in [0.1, 0.15) is 13.0 Å². The van der Waals surface area contributed by atoms with Crippen LogP contribution in [0.25, 0.3) is 22.2 Å². The molecule has 21 heavy (non-hydrogen) atoms. The van der Waals surface area contributed by atoms with E-state index in [1.54, 1.807) is 19.3 Å². The number of halogens is 1. The molecule has 0 aliphatic carbocycles. The average Bonchev–Trinajstić information content (AvgIpc) is 3.01. The molecule has 0 saturated carbocycles. The Kier molecular flexibility index (Phi) is 3.44. The summed E-state index contributed by atoms with van der Waals surface area (Å²) in [7, 11) is 0. The summed E-state index contributed by atoms with van der Waals surface area (Å²) in [6, 6.07) is 1.12. The molecule has 1 atom stereocenters. The summed E-state index contributed by atoms with van der Waals surface area (Å²) in [5.41, 5.74) is 1.37. The minimum atomic E-state index is -0.362. The molecule has 2 N–H and O–H groups in total. The molecule has 8 heteroatoms. The van der Waals surface area contributed by atoms with E-state index >= 15 is 0 Å². The zero-order chi connectivity index (χ0) is 15.0. The second-order valence-electron chi connectivity index (χ2n) is 4.67. The molecule has 0 fully saturated rings. The molecule has 3 heterocycles. The summed E-state index contributed by atoms with van der Waals surface area (Å²) in [5.74, 6) is 0. The van der Waals surface area contributed by atoms with Crippen LogP contribution in [-0.4, -0.2) is 36.4 Å². The summed E-state index contributed by atoms with van der Waals surface area (Å²) in [6.45, 7) is 1.58. The number of H-pyrrole nitrogens is 1.